The van der Waals surface area contributed by atoms with Gasteiger partial charge in [-0.25, -0.2) is 4.98 Å². The molecule has 1 aromatic rings. The van der Waals surface area contributed by atoms with Crippen LogP contribution in [0.3, 0.4) is 0 Å². The first-order chi connectivity index (χ1) is 8.81. The van der Waals surface area contributed by atoms with Gasteiger partial charge in [0.15, 0.2) is 0 Å². The van der Waals surface area contributed by atoms with E-state index in [9.17, 15) is 4.79 Å². The molecule has 106 valence electrons. The summed E-state index contributed by atoms with van der Waals surface area (Å²) < 4.78 is 0. The van der Waals surface area contributed by atoms with Crippen LogP contribution in [-0.4, -0.2) is 29.0 Å². The molecular weight excluding hydrogens is 240 g/mol. The van der Waals surface area contributed by atoms with Crippen molar-refractivity contribution in [3.63, 3.8) is 0 Å². The van der Waals surface area contributed by atoms with E-state index < -0.39 is 0 Å². The molecule has 0 aromatic carbocycles. The van der Waals surface area contributed by atoms with Crippen LogP contribution in [0.15, 0.2) is 18.2 Å². The molecule has 0 saturated heterocycles. The number of pyridine rings is 1. The highest BCUT2D eigenvalue weighted by molar-refractivity contribution is 5.84. The number of carbonyl (C=O) groups excluding carboxylic acids is 1. The van der Waals surface area contributed by atoms with Gasteiger partial charge >= 0.3 is 0 Å². The van der Waals surface area contributed by atoms with E-state index >= 15 is 0 Å². The normalized spacial score (nSPS) is 12.7. The maximum Gasteiger partial charge on any atom is 0.242 e. The van der Waals surface area contributed by atoms with Crippen LogP contribution < -0.4 is 16.0 Å². The van der Waals surface area contributed by atoms with Gasteiger partial charge in [0, 0.05) is 12.1 Å². The molecule has 5 heteroatoms. The predicted octanol–water partition coefficient (Wildman–Crippen LogP) is 2.23. The number of rotatable bonds is 5. The quantitative estimate of drug-likeness (QED) is 0.763. The largest absolute Gasteiger partial charge is 0.370 e. The van der Waals surface area contributed by atoms with E-state index in [0.29, 0.717) is 5.82 Å². The second-order valence-electron chi connectivity index (χ2n) is 5.54. The second-order valence-corrected chi connectivity index (χ2v) is 5.54. The van der Waals surface area contributed by atoms with Gasteiger partial charge in [-0.3, -0.25) is 4.79 Å². The molecule has 1 amide bonds. The third-order valence-electron chi connectivity index (χ3n) is 2.36. The number of hydrogen-bond donors (Lipinski definition) is 3. The third-order valence-corrected chi connectivity index (χ3v) is 2.36. The first-order valence-corrected chi connectivity index (χ1v) is 6.61. The van der Waals surface area contributed by atoms with Crippen molar-refractivity contribution >= 4 is 17.5 Å². The standard InChI is InChI=1S/C14H24N4O/c1-6-15-11-8-7-9-12(17-11)16-10(2)13(19)18-14(3,4)5/h7-10H,6H2,1-5H3,(H,18,19)(H2,15,16,17). The molecule has 0 aliphatic heterocycles. The fourth-order valence-corrected chi connectivity index (χ4v) is 1.56. The Morgan fingerprint density at radius 3 is 2.53 bits per heavy atom. The first kappa shape index (κ1) is 15.3. The highest BCUT2D eigenvalue weighted by Gasteiger charge is 2.19. The molecule has 19 heavy (non-hydrogen) atoms. The molecule has 0 bridgehead atoms. The summed E-state index contributed by atoms with van der Waals surface area (Å²) in [4.78, 5) is 16.3. The Hall–Kier alpha value is -1.78. The average Bonchev–Trinajstić information content (AvgIpc) is 2.27. The maximum absolute atomic E-state index is 12.0. The van der Waals surface area contributed by atoms with Gasteiger partial charge in [0.05, 0.1) is 0 Å². The summed E-state index contributed by atoms with van der Waals surface area (Å²) in [6.45, 7) is 10.5. The molecule has 1 unspecified atom stereocenters. The molecule has 0 radical (unpaired) electrons. The molecule has 0 spiro atoms. The Bertz CT molecular complexity index is 426. The minimum atomic E-state index is -0.330. The minimum absolute atomic E-state index is 0.0387. The lowest BCUT2D eigenvalue weighted by Gasteiger charge is -2.24. The summed E-state index contributed by atoms with van der Waals surface area (Å²) in [6.07, 6.45) is 0. The number of carbonyl (C=O) groups is 1. The van der Waals surface area contributed by atoms with Crippen LogP contribution in [0.25, 0.3) is 0 Å². The van der Waals surface area contributed by atoms with Crippen LogP contribution in [0.4, 0.5) is 11.6 Å². The van der Waals surface area contributed by atoms with E-state index in [1.54, 1.807) is 0 Å². The summed E-state index contributed by atoms with van der Waals surface area (Å²) in [6, 6.07) is 5.32. The number of aromatic nitrogens is 1. The summed E-state index contributed by atoms with van der Waals surface area (Å²) in [5.74, 6) is 1.45. The Morgan fingerprint density at radius 2 is 1.95 bits per heavy atom. The molecule has 0 saturated carbocycles. The zero-order chi connectivity index (χ0) is 14.5. The summed E-state index contributed by atoms with van der Waals surface area (Å²) in [5.41, 5.74) is -0.230. The molecule has 0 aliphatic carbocycles. The number of hydrogen-bond acceptors (Lipinski definition) is 4. The summed E-state index contributed by atoms with van der Waals surface area (Å²) in [7, 11) is 0. The smallest absolute Gasteiger partial charge is 0.242 e. The fraction of sp³-hybridized carbons (Fsp3) is 0.571. The molecule has 1 atom stereocenters. The van der Waals surface area contributed by atoms with E-state index in [1.165, 1.54) is 0 Å². The Labute approximate surface area is 115 Å². The third kappa shape index (κ3) is 5.59. The van der Waals surface area contributed by atoms with Crippen molar-refractivity contribution in [1.29, 1.82) is 0 Å². The highest BCUT2D eigenvalue weighted by atomic mass is 16.2. The zero-order valence-corrected chi connectivity index (χ0v) is 12.4. The van der Waals surface area contributed by atoms with E-state index in [-0.39, 0.29) is 17.5 Å². The van der Waals surface area contributed by atoms with Crippen molar-refractivity contribution in [2.24, 2.45) is 0 Å². The van der Waals surface area contributed by atoms with Crippen LogP contribution in [0, 0.1) is 0 Å². The molecular formula is C14H24N4O. The zero-order valence-electron chi connectivity index (χ0n) is 12.4. The molecule has 1 aromatic heterocycles. The topological polar surface area (TPSA) is 66.0 Å². The van der Waals surface area contributed by atoms with E-state index in [0.717, 1.165) is 12.4 Å². The number of anilines is 2. The fourth-order valence-electron chi connectivity index (χ4n) is 1.56. The maximum atomic E-state index is 12.0. The number of nitrogens with one attached hydrogen (secondary N) is 3. The molecule has 0 aliphatic rings. The van der Waals surface area contributed by atoms with Crippen LogP contribution in [0.1, 0.15) is 34.6 Å². The van der Waals surface area contributed by atoms with Crippen molar-refractivity contribution in [3.05, 3.63) is 18.2 Å². The predicted molar refractivity (Wildman–Crippen MR) is 79.4 cm³/mol. The van der Waals surface area contributed by atoms with Crippen molar-refractivity contribution in [1.82, 2.24) is 10.3 Å². The summed E-state index contributed by atoms with van der Waals surface area (Å²) >= 11 is 0. The molecule has 1 heterocycles. The Balaban J connectivity index is 2.63. The van der Waals surface area contributed by atoms with Crippen molar-refractivity contribution in [2.45, 2.75) is 46.2 Å². The highest BCUT2D eigenvalue weighted by Crippen LogP contribution is 2.10. The van der Waals surface area contributed by atoms with E-state index in [1.807, 2.05) is 52.8 Å². The van der Waals surface area contributed by atoms with Gasteiger partial charge in [-0.15, -0.1) is 0 Å². The average molecular weight is 264 g/mol. The molecule has 3 N–H and O–H groups in total. The van der Waals surface area contributed by atoms with Crippen LogP contribution in [0.5, 0.6) is 0 Å². The monoisotopic (exact) mass is 264 g/mol. The van der Waals surface area contributed by atoms with Gasteiger partial charge in [0.1, 0.15) is 17.7 Å². The second kappa shape index (κ2) is 6.41. The van der Waals surface area contributed by atoms with Gasteiger partial charge in [-0.05, 0) is 46.8 Å². The van der Waals surface area contributed by atoms with Crippen molar-refractivity contribution in [3.8, 4) is 0 Å². The molecule has 0 fully saturated rings. The number of nitrogens with zero attached hydrogens (tertiary/aromatic N) is 1. The van der Waals surface area contributed by atoms with Crippen LogP contribution >= 0.6 is 0 Å². The lowest BCUT2D eigenvalue weighted by molar-refractivity contribution is -0.122. The molecule has 1 rings (SSSR count). The van der Waals surface area contributed by atoms with Crippen LogP contribution in [0.2, 0.25) is 0 Å². The first-order valence-electron chi connectivity index (χ1n) is 6.61. The molecule has 5 nitrogen and oxygen atoms in total. The lowest BCUT2D eigenvalue weighted by Crippen LogP contribution is -2.47. The van der Waals surface area contributed by atoms with Gasteiger partial charge in [0.2, 0.25) is 5.91 Å². The summed E-state index contributed by atoms with van der Waals surface area (Å²) in [5, 5.41) is 9.17. The number of amides is 1. The van der Waals surface area contributed by atoms with Gasteiger partial charge in [-0.2, -0.15) is 0 Å². The van der Waals surface area contributed by atoms with Gasteiger partial charge < -0.3 is 16.0 Å². The van der Waals surface area contributed by atoms with E-state index in [4.69, 9.17) is 0 Å². The Morgan fingerprint density at radius 1 is 1.32 bits per heavy atom. The minimum Gasteiger partial charge on any atom is -0.370 e. The Kier molecular flexibility index (Phi) is 5.15. The van der Waals surface area contributed by atoms with Gasteiger partial charge in [-0.1, -0.05) is 6.07 Å². The SMILES string of the molecule is CCNc1cccc(NC(C)C(=O)NC(C)(C)C)n1. The van der Waals surface area contributed by atoms with Crippen molar-refractivity contribution < 1.29 is 4.79 Å². The van der Waals surface area contributed by atoms with Crippen molar-refractivity contribution in [2.75, 3.05) is 17.2 Å². The lowest BCUT2D eigenvalue weighted by atomic mass is 10.1. The van der Waals surface area contributed by atoms with E-state index in [2.05, 4.69) is 20.9 Å². The van der Waals surface area contributed by atoms with Gasteiger partial charge in [0.25, 0.3) is 0 Å². The van der Waals surface area contributed by atoms with Crippen LogP contribution in [-0.2, 0) is 4.79 Å².